The second-order valence-electron chi connectivity index (χ2n) is 5.82. The summed E-state index contributed by atoms with van der Waals surface area (Å²) in [7, 11) is 1.98. The maximum atomic E-state index is 12.3. The smallest absolute Gasteiger partial charge is 0.416 e. The molecule has 1 aliphatic carbocycles. The second kappa shape index (κ2) is 5.23. The lowest BCUT2D eigenvalue weighted by Crippen LogP contribution is -2.39. The molecule has 19 heavy (non-hydrogen) atoms. The van der Waals surface area contributed by atoms with Gasteiger partial charge >= 0.3 is 6.09 Å². The average Bonchev–Trinajstić information content (AvgIpc) is 3.12. The van der Waals surface area contributed by atoms with Crippen LogP contribution < -0.4 is 10.4 Å². The molecule has 0 spiro atoms. The fourth-order valence-corrected chi connectivity index (χ4v) is 1.78. The number of rotatable bonds is 3. The van der Waals surface area contributed by atoms with Gasteiger partial charge in [-0.2, -0.15) is 0 Å². The second-order valence-corrected chi connectivity index (χ2v) is 5.82. The van der Waals surface area contributed by atoms with Crippen molar-refractivity contribution in [2.75, 3.05) is 4.90 Å². The van der Waals surface area contributed by atoms with Crippen LogP contribution >= 0.6 is 0 Å². The molecular formula is C14H20BN2O2. The third kappa shape index (κ3) is 3.72. The van der Waals surface area contributed by atoms with Gasteiger partial charge in [0.2, 0.25) is 0 Å². The molecule has 1 aliphatic rings. The average molecular weight is 259 g/mol. The Kier molecular flexibility index (Phi) is 3.83. The van der Waals surface area contributed by atoms with Gasteiger partial charge in [-0.15, -0.1) is 0 Å². The van der Waals surface area contributed by atoms with Gasteiger partial charge in [-0.05, 0) is 39.7 Å². The molecule has 0 N–H and O–H groups in total. The van der Waals surface area contributed by atoms with Crippen molar-refractivity contribution in [1.82, 2.24) is 4.98 Å². The number of carbonyl (C=O) groups is 1. The van der Waals surface area contributed by atoms with Crippen LogP contribution in [-0.4, -0.2) is 30.0 Å². The summed E-state index contributed by atoms with van der Waals surface area (Å²) < 4.78 is 5.45. The first-order valence-electron chi connectivity index (χ1n) is 6.68. The maximum absolute atomic E-state index is 12.3. The van der Waals surface area contributed by atoms with E-state index < -0.39 is 5.60 Å². The van der Waals surface area contributed by atoms with Crippen molar-refractivity contribution >= 4 is 24.7 Å². The number of amides is 1. The standard InChI is InChI=1S/C14H20BN2O2/c1-14(2,3)19-13(18)17(11-6-7-11)12-8-5-10(15-4)9-16-12/h5,8-9,11H,6-7H2,1-4H3. The van der Waals surface area contributed by atoms with Gasteiger partial charge in [0.15, 0.2) is 0 Å². The van der Waals surface area contributed by atoms with Gasteiger partial charge in [-0.25, -0.2) is 9.78 Å². The third-order valence-electron chi connectivity index (χ3n) is 2.85. The van der Waals surface area contributed by atoms with Crippen LogP contribution in [0.1, 0.15) is 33.6 Å². The van der Waals surface area contributed by atoms with E-state index >= 15 is 0 Å². The van der Waals surface area contributed by atoms with Gasteiger partial charge in [0.25, 0.3) is 0 Å². The molecule has 0 aromatic carbocycles. The van der Waals surface area contributed by atoms with Gasteiger partial charge in [0.05, 0.1) is 0 Å². The Morgan fingerprint density at radius 2 is 2.11 bits per heavy atom. The van der Waals surface area contributed by atoms with Crippen molar-refractivity contribution in [3.63, 3.8) is 0 Å². The van der Waals surface area contributed by atoms with E-state index in [0.29, 0.717) is 5.82 Å². The van der Waals surface area contributed by atoms with E-state index in [2.05, 4.69) is 4.98 Å². The fourth-order valence-electron chi connectivity index (χ4n) is 1.78. The minimum atomic E-state index is -0.485. The molecule has 1 heterocycles. The predicted molar refractivity (Wildman–Crippen MR) is 77.2 cm³/mol. The molecule has 1 amide bonds. The predicted octanol–water partition coefficient (Wildman–Crippen LogP) is 2.36. The SMILES string of the molecule is C[B]c1ccc(N(C(=O)OC(C)(C)C)C2CC2)nc1. The number of aromatic nitrogens is 1. The summed E-state index contributed by atoms with van der Waals surface area (Å²) >= 11 is 0. The summed E-state index contributed by atoms with van der Waals surface area (Å²) in [5, 5.41) is 0. The lowest BCUT2D eigenvalue weighted by atomic mass is 9.74. The highest BCUT2D eigenvalue weighted by molar-refractivity contribution is 6.51. The molecule has 4 nitrogen and oxygen atoms in total. The van der Waals surface area contributed by atoms with E-state index in [4.69, 9.17) is 4.74 Å². The number of ether oxygens (including phenoxy) is 1. The van der Waals surface area contributed by atoms with Gasteiger partial charge < -0.3 is 4.74 Å². The van der Waals surface area contributed by atoms with Crippen LogP contribution in [0.2, 0.25) is 6.82 Å². The summed E-state index contributed by atoms with van der Waals surface area (Å²) in [5.41, 5.74) is 0.560. The molecule has 1 aromatic rings. The Bertz CT molecular complexity index is 450. The largest absolute Gasteiger partial charge is 0.443 e. The highest BCUT2D eigenvalue weighted by atomic mass is 16.6. The Balaban J connectivity index is 2.17. The zero-order valence-electron chi connectivity index (χ0n) is 12.0. The summed E-state index contributed by atoms with van der Waals surface area (Å²) in [5.74, 6) is 0.669. The lowest BCUT2D eigenvalue weighted by Gasteiger charge is -2.26. The molecule has 0 bridgehead atoms. The molecule has 0 unspecified atom stereocenters. The Morgan fingerprint density at radius 3 is 2.53 bits per heavy atom. The molecule has 0 aliphatic heterocycles. The van der Waals surface area contributed by atoms with Crippen LogP contribution in [0, 0.1) is 0 Å². The molecule has 0 atom stereocenters. The van der Waals surface area contributed by atoms with Crippen LogP contribution in [0.4, 0.5) is 10.6 Å². The molecule has 1 aromatic heterocycles. The van der Waals surface area contributed by atoms with Gasteiger partial charge in [-0.3, -0.25) is 4.90 Å². The van der Waals surface area contributed by atoms with Crippen LogP contribution in [0.5, 0.6) is 0 Å². The Hall–Kier alpha value is -1.52. The Labute approximate surface area is 115 Å². The van der Waals surface area contributed by atoms with Gasteiger partial charge in [0, 0.05) is 12.2 Å². The van der Waals surface area contributed by atoms with Crippen molar-refractivity contribution in [2.24, 2.45) is 0 Å². The van der Waals surface area contributed by atoms with E-state index in [0.717, 1.165) is 18.3 Å². The van der Waals surface area contributed by atoms with E-state index in [9.17, 15) is 4.79 Å². The fraction of sp³-hybridized carbons (Fsp3) is 0.571. The van der Waals surface area contributed by atoms with Crippen molar-refractivity contribution in [3.05, 3.63) is 18.3 Å². The summed E-state index contributed by atoms with van der Waals surface area (Å²) in [6.45, 7) is 7.58. The van der Waals surface area contributed by atoms with Crippen molar-refractivity contribution in [2.45, 2.75) is 52.1 Å². The zero-order valence-corrected chi connectivity index (χ0v) is 12.0. The first-order chi connectivity index (χ1) is 8.90. The third-order valence-corrected chi connectivity index (χ3v) is 2.85. The number of pyridine rings is 1. The van der Waals surface area contributed by atoms with Crippen molar-refractivity contribution in [3.8, 4) is 0 Å². The normalized spacial score (nSPS) is 14.9. The van der Waals surface area contributed by atoms with Crippen molar-refractivity contribution in [1.29, 1.82) is 0 Å². The van der Waals surface area contributed by atoms with Crippen LogP contribution in [0.25, 0.3) is 0 Å². The zero-order chi connectivity index (χ0) is 14.0. The highest BCUT2D eigenvalue weighted by Crippen LogP contribution is 2.31. The quantitative estimate of drug-likeness (QED) is 0.782. The van der Waals surface area contributed by atoms with Gasteiger partial charge in [-0.1, -0.05) is 18.4 Å². The minimum absolute atomic E-state index is 0.235. The molecular weight excluding hydrogens is 239 g/mol. The summed E-state index contributed by atoms with van der Waals surface area (Å²) in [4.78, 5) is 18.3. The molecule has 1 saturated carbocycles. The maximum Gasteiger partial charge on any atom is 0.416 e. The Morgan fingerprint density at radius 1 is 1.42 bits per heavy atom. The number of hydrogen-bond donors (Lipinski definition) is 0. The lowest BCUT2D eigenvalue weighted by molar-refractivity contribution is 0.0576. The van der Waals surface area contributed by atoms with Crippen molar-refractivity contribution < 1.29 is 9.53 Å². The van der Waals surface area contributed by atoms with Crippen LogP contribution in [0.3, 0.4) is 0 Å². The molecule has 1 fully saturated rings. The van der Waals surface area contributed by atoms with Crippen LogP contribution in [-0.2, 0) is 4.74 Å². The number of carbonyl (C=O) groups excluding carboxylic acids is 1. The summed E-state index contributed by atoms with van der Waals surface area (Å²) in [6, 6.07) is 4.07. The van der Waals surface area contributed by atoms with Gasteiger partial charge in [0.1, 0.15) is 18.7 Å². The van der Waals surface area contributed by atoms with E-state index in [1.165, 1.54) is 0 Å². The molecule has 101 valence electrons. The monoisotopic (exact) mass is 259 g/mol. The van der Waals surface area contributed by atoms with E-state index in [1.54, 1.807) is 11.1 Å². The number of nitrogens with zero attached hydrogens (tertiary/aromatic N) is 2. The van der Waals surface area contributed by atoms with E-state index in [-0.39, 0.29) is 12.1 Å². The number of hydrogen-bond acceptors (Lipinski definition) is 3. The first kappa shape index (κ1) is 13.9. The minimum Gasteiger partial charge on any atom is -0.443 e. The highest BCUT2D eigenvalue weighted by Gasteiger charge is 2.37. The summed E-state index contributed by atoms with van der Waals surface area (Å²) in [6.07, 6.45) is 3.50. The molecule has 5 heteroatoms. The van der Waals surface area contributed by atoms with E-state index in [1.807, 2.05) is 47.0 Å². The number of anilines is 1. The first-order valence-corrected chi connectivity index (χ1v) is 6.68. The van der Waals surface area contributed by atoms with Crippen LogP contribution in [0.15, 0.2) is 18.3 Å². The molecule has 2 rings (SSSR count). The topological polar surface area (TPSA) is 42.4 Å². The molecule has 0 saturated heterocycles. The molecule has 1 radical (unpaired) electrons.